The van der Waals surface area contributed by atoms with Crippen molar-refractivity contribution in [3.63, 3.8) is 0 Å². The molecule has 1 unspecified atom stereocenters. The van der Waals surface area contributed by atoms with Gasteiger partial charge in [0, 0.05) is 0 Å². The van der Waals surface area contributed by atoms with Gasteiger partial charge in [0.05, 0.1) is 18.7 Å². The van der Waals surface area contributed by atoms with Crippen molar-refractivity contribution >= 4 is 5.97 Å². The number of rotatable bonds is 6. The molecule has 16 heavy (non-hydrogen) atoms. The second kappa shape index (κ2) is 6.59. The maximum atomic E-state index is 10.3. The normalized spacial score (nSPS) is 11.7. The van der Waals surface area contributed by atoms with E-state index in [-0.39, 0.29) is 6.54 Å². The van der Waals surface area contributed by atoms with Crippen LogP contribution in [0.25, 0.3) is 0 Å². The molecule has 4 nitrogen and oxygen atoms in total. The molecular formula is C12H14N2O2. The molecule has 1 aromatic rings. The number of aliphatic carboxylic acids is 1. The number of hydrogen-bond acceptors (Lipinski definition) is 3. The molecule has 0 aliphatic rings. The van der Waals surface area contributed by atoms with Crippen molar-refractivity contribution in [1.82, 2.24) is 5.32 Å². The molecule has 0 aliphatic carbocycles. The van der Waals surface area contributed by atoms with Gasteiger partial charge < -0.3 is 5.11 Å². The Bertz CT molecular complexity index is 370. The average molecular weight is 218 g/mol. The number of benzene rings is 1. The van der Waals surface area contributed by atoms with Crippen LogP contribution >= 0.6 is 0 Å². The van der Waals surface area contributed by atoms with E-state index in [9.17, 15) is 4.79 Å². The van der Waals surface area contributed by atoms with E-state index in [1.165, 1.54) is 0 Å². The Kier molecular flexibility index (Phi) is 5.03. The van der Waals surface area contributed by atoms with Crippen LogP contribution in [0.2, 0.25) is 0 Å². The highest BCUT2D eigenvalue weighted by atomic mass is 16.4. The smallest absolute Gasteiger partial charge is 0.317 e. The Morgan fingerprint density at radius 1 is 1.44 bits per heavy atom. The predicted octanol–water partition coefficient (Wildman–Crippen LogP) is 1.19. The minimum atomic E-state index is -0.944. The molecule has 1 atom stereocenters. The van der Waals surface area contributed by atoms with Crippen molar-refractivity contribution in [1.29, 1.82) is 5.26 Å². The molecule has 0 saturated heterocycles. The predicted molar refractivity (Wildman–Crippen MR) is 59.8 cm³/mol. The number of nitrogens with zero attached hydrogens (tertiary/aromatic N) is 1. The highest BCUT2D eigenvalue weighted by Gasteiger charge is 2.08. The van der Waals surface area contributed by atoms with Crippen LogP contribution in [-0.2, 0) is 11.2 Å². The lowest BCUT2D eigenvalue weighted by Gasteiger charge is -2.09. The summed E-state index contributed by atoms with van der Waals surface area (Å²) in [5.41, 5.74) is 1.15. The fraction of sp³-hybridized carbons (Fsp3) is 0.333. The van der Waals surface area contributed by atoms with Crippen molar-refractivity contribution < 1.29 is 9.90 Å². The summed E-state index contributed by atoms with van der Waals surface area (Å²) < 4.78 is 0. The van der Waals surface area contributed by atoms with Crippen LogP contribution < -0.4 is 5.32 Å². The molecular weight excluding hydrogens is 204 g/mol. The molecule has 0 fully saturated rings. The van der Waals surface area contributed by atoms with Crippen molar-refractivity contribution in [2.45, 2.75) is 18.9 Å². The van der Waals surface area contributed by atoms with Gasteiger partial charge in [-0.1, -0.05) is 30.3 Å². The summed E-state index contributed by atoms with van der Waals surface area (Å²) in [5.74, 6) is -0.944. The third-order valence-electron chi connectivity index (χ3n) is 2.22. The monoisotopic (exact) mass is 218 g/mol. The van der Waals surface area contributed by atoms with E-state index in [0.29, 0.717) is 6.42 Å². The highest BCUT2D eigenvalue weighted by molar-refractivity contribution is 5.69. The second-order valence-corrected chi connectivity index (χ2v) is 3.48. The van der Waals surface area contributed by atoms with Crippen LogP contribution in [-0.4, -0.2) is 23.7 Å². The summed E-state index contributed by atoms with van der Waals surface area (Å²) >= 11 is 0. The molecule has 84 valence electrons. The molecule has 0 spiro atoms. The van der Waals surface area contributed by atoms with Crippen molar-refractivity contribution in [2.24, 2.45) is 0 Å². The number of carboxylic acids is 1. The van der Waals surface area contributed by atoms with Crippen LogP contribution in [0, 0.1) is 11.3 Å². The quantitative estimate of drug-likeness (QED) is 0.752. The van der Waals surface area contributed by atoms with Crippen LogP contribution in [0.3, 0.4) is 0 Å². The van der Waals surface area contributed by atoms with Gasteiger partial charge in [-0.05, 0) is 18.4 Å². The second-order valence-electron chi connectivity index (χ2n) is 3.48. The fourth-order valence-corrected chi connectivity index (χ4v) is 1.38. The van der Waals surface area contributed by atoms with Gasteiger partial charge >= 0.3 is 5.97 Å². The molecule has 0 bridgehead atoms. The maximum absolute atomic E-state index is 10.3. The van der Waals surface area contributed by atoms with Gasteiger partial charge in [0.1, 0.15) is 0 Å². The Hall–Kier alpha value is -1.86. The zero-order valence-electron chi connectivity index (χ0n) is 8.89. The Morgan fingerprint density at radius 2 is 2.12 bits per heavy atom. The van der Waals surface area contributed by atoms with E-state index >= 15 is 0 Å². The lowest BCUT2D eigenvalue weighted by Crippen LogP contribution is -2.32. The third kappa shape index (κ3) is 4.58. The van der Waals surface area contributed by atoms with Gasteiger partial charge in [0.25, 0.3) is 0 Å². The first-order valence-corrected chi connectivity index (χ1v) is 5.11. The molecule has 1 aromatic carbocycles. The highest BCUT2D eigenvalue weighted by Crippen LogP contribution is 2.04. The molecule has 0 heterocycles. The largest absolute Gasteiger partial charge is 0.480 e. The molecule has 0 aliphatic heterocycles. The SMILES string of the molecule is N#CC(CCc1ccccc1)NCC(=O)O. The zero-order chi connectivity index (χ0) is 11.8. The summed E-state index contributed by atoms with van der Waals surface area (Å²) in [4.78, 5) is 10.3. The van der Waals surface area contributed by atoms with Crippen LogP contribution in [0.1, 0.15) is 12.0 Å². The first kappa shape index (κ1) is 12.2. The van der Waals surface area contributed by atoms with E-state index in [1.54, 1.807) is 0 Å². The Labute approximate surface area is 94.5 Å². The topological polar surface area (TPSA) is 73.1 Å². The molecule has 0 amide bonds. The molecule has 0 saturated carbocycles. The Balaban J connectivity index is 2.35. The zero-order valence-corrected chi connectivity index (χ0v) is 8.89. The molecule has 0 aromatic heterocycles. The van der Waals surface area contributed by atoms with E-state index in [1.807, 2.05) is 30.3 Å². The van der Waals surface area contributed by atoms with Gasteiger partial charge in [-0.15, -0.1) is 0 Å². The average Bonchev–Trinajstić information content (AvgIpc) is 2.30. The minimum absolute atomic E-state index is 0.174. The summed E-state index contributed by atoms with van der Waals surface area (Å²) in [6, 6.07) is 11.5. The lowest BCUT2D eigenvalue weighted by molar-refractivity contribution is -0.136. The van der Waals surface area contributed by atoms with Gasteiger partial charge in [-0.25, -0.2) is 0 Å². The Morgan fingerprint density at radius 3 is 2.69 bits per heavy atom. The van der Waals surface area contributed by atoms with Crippen LogP contribution in [0.5, 0.6) is 0 Å². The standard InChI is InChI=1S/C12H14N2O2/c13-8-11(14-9-12(15)16)7-6-10-4-2-1-3-5-10/h1-5,11,14H,6-7,9H2,(H,15,16). The van der Waals surface area contributed by atoms with Crippen LogP contribution in [0.15, 0.2) is 30.3 Å². The number of nitrogens with one attached hydrogen (secondary N) is 1. The van der Waals surface area contributed by atoms with E-state index < -0.39 is 12.0 Å². The van der Waals surface area contributed by atoms with E-state index in [4.69, 9.17) is 10.4 Å². The maximum Gasteiger partial charge on any atom is 0.317 e. The summed E-state index contributed by atoms with van der Waals surface area (Å²) in [7, 11) is 0. The fourth-order valence-electron chi connectivity index (χ4n) is 1.38. The first-order valence-electron chi connectivity index (χ1n) is 5.11. The lowest BCUT2D eigenvalue weighted by atomic mass is 10.1. The van der Waals surface area contributed by atoms with Gasteiger partial charge in [-0.3, -0.25) is 10.1 Å². The van der Waals surface area contributed by atoms with E-state index in [0.717, 1.165) is 12.0 Å². The molecule has 1 rings (SSSR count). The summed E-state index contributed by atoms with van der Waals surface area (Å²) in [5, 5.41) is 20.0. The van der Waals surface area contributed by atoms with E-state index in [2.05, 4.69) is 11.4 Å². The van der Waals surface area contributed by atoms with Crippen molar-refractivity contribution in [2.75, 3.05) is 6.54 Å². The number of aryl methyl sites for hydroxylation is 1. The van der Waals surface area contributed by atoms with Crippen molar-refractivity contribution in [3.05, 3.63) is 35.9 Å². The molecule has 0 radical (unpaired) electrons. The number of carbonyl (C=O) groups is 1. The molecule has 4 heteroatoms. The van der Waals surface area contributed by atoms with Crippen LogP contribution in [0.4, 0.5) is 0 Å². The van der Waals surface area contributed by atoms with Gasteiger partial charge in [-0.2, -0.15) is 5.26 Å². The minimum Gasteiger partial charge on any atom is -0.480 e. The van der Waals surface area contributed by atoms with Gasteiger partial charge in [0.2, 0.25) is 0 Å². The number of carboxylic acid groups (broad SMARTS) is 1. The van der Waals surface area contributed by atoms with Crippen molar-refractivity contribution in [3.8, 4) is 6.07 Å². The number of nitriles is 1. The third-order valence-corrected chi connectivity index (χ3v) is 2.22. The first-order chi connectivity index (χ1) is 7.72. The summed E-state index contributed by atoms with van der Waals surface area (Å²) in [6.07, 6.45) is 1.39. The number of hydrogen-bond donors (Lipinski definition) is 2. The molecule has 2 N–H and O–H groups in total. The summed E-state index contributed by atoms with van der Waals surface area (Å²) in [6.45, 7) is -0.174. The van der Waals surface area contributed by atoms with Gasteiger partial charge in [0.15, 0.2) is 0 Å².